The van der Waals surface area contributed by atoms with Gasteiger partial charge in [0, 0.05) is 26.6 Å². The molecule has 2 aliphatic rings. The number of piperidine rings is 1. The average Bonchev–Trinajstić information content (AvgIpc) is 3.01. The normalized spacial score (nSPS) is 21.4. The molecule has 2 aliphatic heterocycles. The number of anilines is 2. The lowest BCUT2D eigenvalue weighted by Crippen LogP contribution is -2.49. The fourth-order valence-electron chi connectivity index (χ4n) is 3.93. The van der Waals surface area contributed by atoms with Gasteiger partial charge in [-0.1, -0.05) is 0 Å². The first-order valence-corrected chi connectivity index (χ1v) is 9.81. The predicted octanol–water partition coefficient (Wildman–Crippen LogP) is 1.18. The molecule has 9 heteroatoms. The minimum absolute atomic E-state index is 0.200. The van der Waals surface area contributed by atoms with Gasteiger partial charge in [-0.2, -0.15) is 0 Å². The number of likely N-dealkylation sites (N-methyl/N-ethyl adjacent to an activating group) is 1. The summed E-state index contributed by atoms with van der Waals surface area (Å²) in [5.74, 6) is -0.618. The van der Waals surface area contributed by atoms with Gasteiger partial charge in [0.05, 0.1) is 30.1 Å². The zero-order chi connectivity index (χ0) is 21.2. The fraction of sp³-hybridized carbons (Fsp3) is 0.600. The van der Waals surface area contributed by atoms with Crippen molar-refractivity contribution < 1.29 is 23.8 Å². The fourth-order valence-corrected chi connectivity index (χ4v) is 3.93. The SMILES string of the molecule is CC(=O)NC[C@H]1CN(c2ccc(N3CCC(O)(CN(C)C)CC3)c(F)c2)C(=O)O1. The minimum Gasteiger partial charge on any atom is -0.442 e. The summed E-state index contributed by atoms with van der Waals surface area (Å²) in [6.45, 7) is 3.57. The molecule has 2 amide bonds. The van der Waals surface area contributed by atoms with Crippen molar-refractivity contribution in [2.24, 2.45) is 0 Å². The van der Waals surface area contributed by atoms with Gasteiger partial charge in [-0.25, -0.2) is 9.18 Å². The van der Waals surface area contributed by atoms with Gasteiger partial charge in [-0.05, 0) is 45.1 Å². The number of nitrogens with zero attached hydrogens (tertiary/aromatic N) is 3. The largest absolute Gasteiger partial charge is 0.442 e. The maximum atomic E-state index is 14.8. The summed E-state index contributed by atoms with van der Waals surface area (Å²) < 4.78 is 20.0. The van der Waals surface area contributed by atoms with Crippen molar-refractivity contribution in [3.8, 4) is 0 Å². The molecule has 0 aliphatic carbocycles. The van der Waals surface area contributed by atoms with Crippen molar-refractivity contribution in [3.05, 3.63) is 24.0 Å². The molecule has 2 heterocycles. The second-order valence-electron chi connectivity index (χ2n) is 8.14. The zero-order valence-corrected chi connectivity index (χ0v) is 17.2. The molecule has 0 saturated carbocycles. The third kappa shape index (κ3) is 5.16. The Morgan fingerprint density at radius 2 is 2.07 bits per heavy atom. The lowest BCUT2D eigenvalue weighted by molar-refractivity contribution is -0.119. The van der Waals surface area contributed by atoms with Crippen LogP contribution in [0.3, 0.4) is 0 Å². The quantitative estimate of drug-likeness (QED) is 0.735. The van der Waals surface area contributed by atoms with Gasteiger partial charge < -0.3 is 25.0 Å². The van der Waals surface area contributed by atoms with Gasteiger partial charge in [0.25, 0.3) is 0 Å². The van der Waals surface area contributed by atoms with Crippen LogP contribution in [0.5, 0.6) is 0 Å². The molecule has 1 aromatic carbocycles. The number of amides is 2. The Morgan fingerprint density at radius 3 is 2.66 bits per heavy atom. The number of hydrogen-bond acceptors (Lipinski definition) is 6. The first kappa shape index (κ1) is 21.3. The van der Waals surface area contributed by atoms with E-state index in [1.807, 2.05) is 23.9 Å². The Labute approximate surface area is 170 Å². The van der Waals surface area contributed by atoms with E-state index in [9.17, 15) is 19.1 Å². The molecule has 1 aromatic rings. The summed E-state index contributed by atoms with van der Waals surface area (Å²) in [6, 6.07) is 4.69. The van der Waals surface area contributed by atoms with Crippen LogP contribution in [0.15, 0.2) is 18.2 Å². The molecule has 0 radical (unpaired) electrons. The maximum Gasteiger partial charge on any atom is 0.414 e. The number of hydrogen-bond donors (Lipinski definition) is 2. The number of aliphatic hydroxyl groups is 1. The van der Waals surface area contributed by atoms with E-state index in [-0.39, 0.29) is 19.0 Å². The highest BCUT2D eigenvalue weighted by atomic mass is 19.1. The van der Waals surface area contributed by atoms with Crippen molar-refractivity contribution in [2.45, 2.75) is 31.5 Å². The number of cyclic esters (lactones) is 1. The van der Waals surface area contributed by atoms with Crippen LogP contribution >= 0.6 is 0 Å². The maximum absolute atomic E-state index is 14.8. The molecule has 8 nitrogen and oxygen atoms in total. The van der Waals surface area contributed by atoms with Crippen LogP contribution in [0, 0.1) is 5.82 Å². The molecule has 0 aromatic heterocycles. The van der Waals surface area contributed by atoms with Crippen molar-refractivity contribution >= 4 is 23.4 Å². The summed E-state index contributed by atoms with van der Waals surface area (Å²) >= 11 is 0. The van der Waals surface area contributed by atoms with Crippen LogP contribution in [-0.4, -0.2) is 80.5 Å². The van der Waals surface area contributed by atoms with E-state index < -0.39 is 23.6 Å². The van der Waals surface area contributed by atoms with E-state index in [1.54, 1.807) is 12.1 Å². The second kappa shape index (κ2) is 8.54. The molecule has 0 bridgehead atoms. The summed E-state index contributed by atoms with van der Waals surface area (Å²) in [7, 11) is 3.85. The van der Waals surface area contributed by atoms with E-state index in [1.165, 1.54) is 17.9 Å². The third-order valence-electron chi connectivity index (χ3n) is 5.34. The standard InChI is InChI=1S/C20H29FN4O4/c1-14(26)22-11-16-12-25(19(27)29-16)15-4-5-18(17(21)10-15)24-8-6-20(28,7-9-24)13-23(2)3/h4-5,10,16,28H,6-9,11-13H2,1-3H3,(H,22,26)/t16-/m0/s1. The minimum atomic E-state index is -0.751. The van der Waals surface area contributed by atoms with Gasteiger partial charge in [0.1, 0.15) is 11.9 Å². The van der Waals surface area contributed by atoms with Crippen molar-refractivity contribution in [2.75, 3.05) is 56.6 Å². The molecule has 0 spiro atoms. The van der Waals surface area contributed by atoms with Gasteiger partial charge in [-0.3, -0.25) is 9.69 Å². The van der Waals surface area contributed by atoms with Gasteiger partial charge in [-0.15, -0.1) is 0 Å². The first-order valence-electron chi connectivity index (χ1n) is 9.81. The topological polar surface area (TPSA) is 85.4 Å². The molecular weight excluding hydrogens is 379 g/mol. The highest BCUT2D eigenvalue weighted by Crippen LogP contribution is 2.31. The molecule has 2 N–H and O–H groups in total. The van der Waals surface area contributed by atoms with Crippen LogP contribution in [0.1, 0.15) is 19.8 Å². The van der Waals surface area contributed by atoms with Gasteiger partial charge in [0.15, 0.2) is 0 Å². The van der Waals surface area contributed by atoms with Crippen LogP contribution in [0.4, 0.5) is 20.6 Å². The molecule has 1 atom stereocenters. The average molecular weight is 408 g/mol. The van der Waals surface area contributed by atoms with E-state index in [0.717, 1.165) is 0 Å². The number of ether oxygens (including phenoxy) is 1. The number of halogens is 1. The Bertz CT molecular complexity index is 765. The molecule has 29 heavy (non-hydrogen) atoms. The summed E-state index contributed by atoms with van der Waals surface area (Å²) in [4.78, 5) is 28.4. The van der Waals surface area contributed by atoms with E-state index in [4.69, 9.17) is 4.74 Å². The highest BCUT2D eigenvalue weighted by molar-refractivity contribution is 5.90. The van der Waals surface area contributed by atoms with Crippen LogP contribution in [-0.2, 0) is 9.53 Å². The zero-order valence-electron chi connectivity index (χ0n) is 17.2. The van der Waals surface area contributed by atoms with Crippen molar-refractivity contribution in [1.29, 1.82) is 0 Å². The first-order chi connectivity index (χ1) is 13.7. The van der Waals surface area contributed by atoms with Gasteiger partial charge in [0.2, 0.25) is 5.91 Å². The lowest BCUT2D eigenvalue weighted by atomic mass is 9.90. The van der Waals surface area contributed by atoms with Crippen molar-refractivity contribution in [1.82, 2.24) is 10.2 Å². The highest BCUT2D eigenvalue weighted by Gasteiger charge is 2.35. The Kier molecular flexibility index (Phi) is 6.28. The van der Waals surface area contributed by atoms with Crippen LogP contribution < -0.4 is 15.1 Å². The van der Waals surface area contributed by atoms with Crippen molar-refractivity contribution in [3.63, 3.8) is 0 Å². The summed E-state index contributed by atoms with van der Waals surface area (Å²) in [6.07, 6.45) is 0.107. The number of nitrogens with one attached hydrogen (secondary N) is 1. The summed E-state index contributed by atoms with van der Waals surface area (Å²) in [5.41, 5.74) is 0.129. The van der Waals surface area contributed by atoms with E-state index >= 15 is 0 Å². The molecule has 0 unspecified atom stereocenters. The van der Waals surface area contributed by atoms with E-state index in [2.05, 4.69) is 5.32 Å². The van der Waals surface area contributed by atoms with Crippen LogP contribution in [0.25, 0.3) is 0 Å². The molecule has 160 valence electrons. The molecule has 2 fully saturated rings. The molecular formula is C20H29FN4O4. The Balaban J connectivity index is 1.64. The second-order valence-corrected chi connectivity index (χ2v) is 8.14. The smallest absolute Gasteiger partial charge is 0.414 e. The summed E-state index contributed by atoms with van der Waals surface area (Å²) in [5, 5.41) is 13.3. The molecule has 3 rings (SSSR count). The number of rotatable bonds is 6. The predicted molar refractivity (Wildman–Crippen MR) is 108 cm³/mol. The Morgan fingerprint density at radius 1 is 1.38 bits per heavy atom. The number of carbonyl (C=O) groups excluding carboxylic acids is 2. The Hall–Kier alpha value is -2.39. The number of benzene rings is 1. The molecule has 2 saturated heterocycles. The third-order valence-corrected chi connectivity index (χ3v) is 5.34. The lowest BCUT2D eigenvalue weighted by Gasteiger charge is -2.40. The van der Waals surface area contributed by atoms with E-state index in [0.29, 0.717) is 43.9 Å². The van der Waals surface area contributed by atoms with Gasteiger partial charge >= 0.3 is 6.09 Å². The van der Waals surface area contributed by atoms with Crippen LogP contribution in [0.2, 0.25) is 0 Å². The monoisotopic (exact) mass is 408 g/mol. The number of carbonyl (C=O) groups is 2.